The second-order valence-corrected chi connectivity index (χ2v) is 11.3. The molecule has 1 unspecified atom stereocenters. The van der Waals surface area contributed by atoms with E-state index >= 15 is 0 Å². The van der Waals surface area contributed by atoms with Crippen LogP contribution in [0.15, 0.2) is 60.7 Å². The minimum atomic E-state index is -4.18. The zero-order chi connectivity index (χ0) is 26.6. The maximum absolute atomic E-state index is 14.4. The maximum atomic E-state index is 14.4. The van der Waals surface area contributed by atoms with Crippen LogP contribution in [0.1, 0.15) is 38.8 Å². The number of ether oxygens (including phenoxy) is 5. The molecular formula is C26H31O10P. The molecule has 37 heavy (non-hydrogen) atoms. The summed E-state index contributed by atoms with van der Waals surface area (Å²) in [6, 6.07) is 18.4. The summed E-state index contributed by atoms with van der Waals surface area (Å²) < 4.78 is 55.1. The van der Waals surface area contributed by atoms with Crippen molar-refractivity contribution in [2.75, 3.05) is 0 Å². The molecule has 0 amide bonds. The Labute approximate surface area is 215 Å². The van der Waals surface area contributed by atoms with Gasteiger partial charge in [0.1, 0.15) is 0 Å². The predicted molar refractivity (Wildman–Crippen MR) is 130 cm³/mol. The zero-order valence-corrected chi connectivity index (χ0v) is 22.0. The molecular weight excluding hydrogens is 503 g/mol. The van der Waals surface area contributed by atoms with Crippen LogP contribution in [0.4, 0.5) is 0 Å². The van der Waals surface area contributed by atoms with E-state index in [9.17, 15) is 14.2 Å². The summed E-state index contributed by atoms with van der Waals surface area (Å²) in [6.07, 6.45) is -4.92. The molecule has 11 heteroatoms. The molecule has 0 saturated carbocycles. The van der Waals surface area contributed by atoms with Gasteiger partial charge in [-0.05, 0) is 18.1 Å². The van der Waals surface area contributed by atoms with Gasteiger partial charge in [-0.15, -0.1) is 0 Å². The maximum Gasteiger partial charge on any atom is 0.390 e. The van der Waals surface area contributed by atoms with Gasteiger partial charge in [0.15, 0.2) is 24.6 Å². The van der Waals surface area contributed by atoms with Crippen molar-refractivity contribution < 1.29 is 46.9 Å². The Balaban J connectivity index is 1.62. The summed E-state index contributed by atoms with van der Waals surface area (Å²) in [5, 5.41) is 0. The molecule has 0 N–H and O–H groups in total. The van der Waals surface area contributed by atoms with E-state index in [1.807, 2.05) is 60.7 Å². The van der Waals surface area contributed by atoms with E-state index < -0.39 is 55.8 Å². The van der Waals surface area contributed by atoms with Crippen LogP contribution in [0.3, 0.4) is 0 Å². The first-order valence-corrected chi connectivity index (χ1v) is 13.5. The van der Waals surface area contributed by atoms with E-state index in [4.69, 9.17) is 32.7 Å². The fourth-order valence-corrected chi connectivity index (χ4v) is 5.90. The van der Waals surface area contributed by atoms with Crippen LogP contribution in [0.25, 0.3) is 0 Å². The van der Waals surface area contributed by atoms with Gasteiger partial charge in [-0.3, -0.25) is 14.2 Å². The number of hydrogen-bond donors (Lipinski definition) is 0. The van der Waals surface area contributed by atoms with Gasteiger partial charge in [0.25, 0.3) is 5.53 Å². The fourth-order valence-electron chi connectivity index (χ4n) is 4.24. The highest BCUT2D eigenvalue weighted by molar-refractivity contribution is 7.55. The van der Waals surface area contributed by atoms with E-state index in [1.54, 1.807) is 6.92 Å². The topological polar surface area (TPSA) is 116 Å². The third-order valence-corrected chi connectivity index (χ3v) is 8.15. The second kappa shape index (κ2) is 11.4. The molecule has 0 aliphatic carbocycles. The van der Waals surface area contributed by atoms with Gasteiger partial charge < -0.3 is 32.7 Å². The Morgan fingerprint density at radius 1 is 0.838 bits per heavy atom. The number of hydrogen-bond acceptors (Lipinski definition) is 10. The number of benzene rings is 2. The molecule has 6 atom stereocenters. The van der Waals surface area contributed by atoms with Crippen molar-refractivity contribution >= 4 is 19.5 Å². The Morgan fingerprint density at radius 3 is 1.81 bits per heavy atom. The molecule has 200 valence electrons. The molecule has 2 heterocycles. The summed E-state index contributed by atoms with van der Waals surface area (Å²) in [5.41, 5.74) is -0.389. The number of carbonyl (C=O) groups is 2. The summed E-state index contributed by atoms with van der Waals surface area (Å²) in [4.78, 5) is 23.6. The van der Waals surface area contributed by atoms with Gasteiger partial charge in [-0.1, -0.05) is 60.7 Å². The lowest BCUT2D eigenvalue weighted by Gasteiger charge is -2.39. The van der Waals surface area contributed by atoms with Crippen LogP contribution in [-0.2, 0) is 60.1 Å². The molecule has 4 rings (SSSR count). The van der Waals surface area contributed by atoms with Gasteiger partial charge in [-0.25, -0.2) is 0 Å². The molecule has 2 aromatic carbocycles. The van der Waals surface area contributed by atoms with Crippen molar-refractivity contribution in [2.45, 2.75) is 77.1 Å². The second-order valence-electron chi connectivity index (χ2n) is 8.97. The zero-order valence-electron chi connectivity index (χ0n) is 21.1. The van der Waals surface area contributed by atoms with Crippen LogP contribution in [0.2, 0.25) is 0 Å². The average Bonchev–Trinajstić information content (AvgIpc) is 3.22. The van der Waals surface area contributed by atoms with Gasteiger partial charge >= 0.3 is 19.5 Å². The van der Waals surface area contributed by atoms with Gasteiger partial charge in [-0.2, -0.15) is 0 Å². The minimum absolute atomic E-state index is 0.0365. The number of esters is 2. The van der Waals surface area contributed by atoms with Crippen LogP contribution in [0.5, 0.6) is 0 Å². The first-order chi connectivity index (χ1) is 17.6. The molecule has 2 aromatic rings. The Morgan fingerprint density at radius 2 is 1.32 bits per heavy atom. The van der Waals surface area contributed by atoms with E-state index in [2.05, 4.69) is 0 Å². The van der Waals surface area contributed by atoms with Crippen molar-refractivity contribution in [3.63, 3.8) is 0 Å². The van der Waals surface area contributed by atoms with Crippen LogP contribution in [0, 0.1) is 0 Å². The van der Waals surface area contributed by atoms with E-state index in [-0.39, 0.29) is 13.2 Å². The van der Waals surface area contributed by atoms with Crippen molar-refractivity contribution in [2.24, 2.45) is 0 Å². The smallest absolute Gasteiger partial charge is 0.390 e. The van der Waals surface area contributed by atoms with Crippen molar-refractivity contribution in [3.05, 3.63) is 71.8 Å². The van der Waals surface area contributed by atoms with Crippen LogP contribution in [-0.4, -0.2) is 48.2 Å². The van der Waals surface area contributed by atoms with E-state index in [1.165, 1.54) is 20.8 Å². The van der Waals surface area contributed by atoms with Crippen molar-refractivity contribution in [3.8, 4) is 0 Å². The SMILES string of the molecule is CC(=O)O[C@H]1[C@@H]2OC(C)(P(=O)(OCc3ccccc3)OCc3ccccc3)O[C@@H]2O[C@@H](C)[C@H]1OC(C)=O. The monoisotopic (exact) mass is 534 g/mol. The third kappa shape index (κ3) is 6.29. The van der Waals surface area contributed by atoms with Gasteiger partial charge in [0, 0.05) is 20.8 Å². The van der Waals surface area contributed by atoms with Gasteiger partial charge in [0.2, 0.25) is 0 Å². The summed E-state index contributed by atoms with van der Waals surface area (Å²) in [6.45, 7) is 5.48. The van der Waals surface area contributed by atoms with E-state index in [0.717, 1.165) is 11.1 Å². The Kier molecular flexibility index (Phi) is 8.48. The summed E-state index contributed by atoms with van der Waals surface area (Å²) >= 11 is 0. The molecule has 0 aromatic heterocycles. The Hall–Kier alpha value is -2.59. The lowest BCUT2D eigenvalue weighted by molar-refractivity contribution is -0.254. The standard InChI is InChI=1S/C26H31O10P/c1-17-22(33-18(2)27)23(34-19(3)28)24-25(32-17)36-26(4,35-24)37(29,30-15-20-11-7-5-8-12-20)31-16-21-13-9-6-10-14-21/h5-14,17,22-25H,15-16H2,1-4H3/t17-,22+,23+,24-,25-,26?/m0/s1. The first kappa shape index (κ1) is 27.4. The number of fused-ring (bicyclic) bond motifs is 1. The number of rotatable bonds is 9. The average molecular weight is 534 g/mol. The largest absolute Gasteiger partial charge is 0.456 e. The molecule has 2 aliphatic rings. The van der Waals surface area contributed by atoms with Crippen molar-refractivity contribution in [1.29, 1.82) is 0 Å². The molecule has 2 aliphatic heterocycles. The number of carbonyl (C=O) groups excluding carboxylic acids is 2. The highest BCUT2D eigenvalue weighted by Crippen LogP contribution is 2.65. The minimum Gasteiger partial charge on any atom is -0.456 e. The molecule has 0 bridgehead atoms. The van der Waals surface area contributed by atoms with E-state index in [0.29, 0.717) is 0 Å². The first-order valence-electron chi connectivity index (χ1n) is 11.9. The molecule has 2 saturated heterocycles. The lowest BCUT2D eigenvalue weighted by Crippen LogP contribution is -2.58. The predicted octanol–water partition coefficient (Wildman–Crippen LogP) is 4.31. The highest BCUT2D eigenvalue weighted by Gasteiger charge is 2.65. The van der Waals surface area contributed by atoms with Gasteiger partial charge in [0.05, 0.1) is 19.3 Å². The quantitative estimate of drug-likeness (QED) is 0.340. The van der Waals surface area contributed by atoms with Crippen LogP contribution < -0.4 is 0 Å². The molecule has 0 radical (unpaired) electrons. The highest BCUT2D eigenvalue weighted by atomic mass is 31.2. The van der Waals surface area contributed by atoms with Crippen molar-refractivity contribution in [1.82, 2.24) is 0 Å². The normalized spacial score (nSPS) is 29.4. The molecule has 2 fully saturated rings. The summed E-state index contributed by atoms with van der Waals surface area (Å²) in [7, 11) is -4.18. The van der Waals surface area contributed by atoms with Crippen LogP contribution >= 0.6 is 7.60 Å². The Bertz CT molecular complexity index is 1080. The molecule has 10 nitrogen and oxygen atoms in total. The fraction of sp³-hybridized carbons (Fsp3) is 0.462. The molecule has 0 spiro atoms. The third-order valence-electron chi connectivity index (χ3n) is 6.01. The summed E-state index contributed by atoms with van der Waals surface area (Å²) in [5.74, 6) is -1.20. The lowest BCUT2D eigenvalue weighted by atomic mass is 9.99.